The van der Waals surface area contributed by atoms with E-state index < -0.39 is 36.4 Å². The highest BCUT2D eigenvalue weighted by atomic mass is 32.1. The van der Waals surface area contributed by atoms with Gasteiger partial charge in [0.2, 0.25) is 0 Å². The van der Waals surface area contributed by atoms with Gasteiger partial charge in [-0.25, -0.2) is 4.79 Å². The molecule has 0 aliphatic carbocycles. The number of thiophene rings is 1. The highest BCUT2D eigenvalue weighted by Gasteiger charge is 2.52. The van der Waals surface area contributed by atoms with Gasteiger partial charge in [0, 0.05) is 30.7 Å². The van der Waals surface area contributed by atoms with Crippen LogP contribution in [0.2, 0.25) is 0 Å². The lowest BCUT2D eigenvalue weighted by molar-refractivity contribution is -0.148. The molecule has 1 aromatic heterocycles. The number of hydrogen-bond donors (Lipinski definition) is 2. The lowest BCUT2D eigenvalue weighted by Gasteiger charge is -2.22. The van der Waals surface area contributed by atoms with E-state index in [1.54, 1.807) is 6.07 Å². The van der Waals surface area contributed by atoms with Crippen molar-refractivity contribution >= 4 is 23.2 Å². The summed E-state index contributed by atoms with van der Waals surface area (Å²) in [6.45, 7) is 5.91. The maximum Gasteiger partial charge on any atom is 0.345 e. The minimum atomic E-state index is -3.44. The van der Waals surface area contributed by atoms with Gasteiger partial charge in [-0.2, -0.15) is 8.78 Å². The molecular formula is C23H27F2NO4S. The first kappa shape index (κ1) is 24.8. The molecule has 2 rings (SSSR count). The molecular weight excluding hydrogens is 424 g/mol. The largest absolute Gasteiger partial charge is 0.477 e. The predicted molar refractivity (Wildman–Crippen MR) is 116 cm³/mol. The second-order valence-corrected chi connectivity index (χ2v) is 8.59. The molecule has 168 valence electrons. The Balaban J connectivity index is 1.96. The first-order valence-electron chi connectivity index (χ1n) is 10.2. The standard InChI is InChI=1S/C23H27F2NO4S/c1-3-4-5-6-8-16(2)19(27)12-10-17-15-23(24,25)22(30)26(17)14-7-9-18-11-13-20(31-18)21(28)29/h10-13,17,19,27H,2-4,7-9,14-15H2,1H3,(H,28,29)/b12-10+/t17-,19+/m0/s1. The molecule has 5 nitrogen and oxygen atoms in total. The van der Waals surface area contributed by atoms with Gasteiger partial charge in [-0.1, -0.05) is 31.6 Å². The smallest absolute Gasteiger partial charge is 0.345 e. The monoisotopic (exact) mass is 451 g/mol. The van der Waals surface area contributed by atoms with Crippen molar-refractivity contribution in [3.05, 3.63) is 46.2 Å². The number of carbonyl (C=O) groups is 2. The van der Waals surface area contributed by atoms with E-state index in [-0.39, 0.29) is 11.4 Å². The number of carboxylic acids is 1. The normalized spacial score (nSPS) is 18.8. The van der Waals surface area contributed by atoms with Crippen LogP contribution >= 0.6 is 11.3 Å². The Kier molecular flexibility index (Phi) is 8.96. The lowest BCUT2D eigenvalue weighted by Crippen LogP contribution is -2.36. The third-order valence-corrected chi connectivity index (χ3v) is 6.02. The molecule has 0 unspecified atom stereocenters. The number of likely N-dealkylation sites (tertiary alicyclic amines) is 1. The Bertz CT molecular complexity index is 897. The Labute approximate surface area is 185 Å². The minimum Gasteiger partial charge on any atom is -0.477 e. The van der Waals surface area contributed by atoms with Crippen LogP contribution in [-0.2, 0) is 11.2 Å². The molecule has 0 bridgehead atoms. The Morgan fingerprint density at radius 2 is 2.19 bits per heavy atom. The average molecular weight is 452 g/mol. The molecule has 0 saturated carbocycles. The summed E-state index contributed by atoms with van der Waals surface area (Å²) < 4.78 is 28.0. The van der Waals surface area contributed by atoms with Crippen molar-refractivity contribution in [3.63, 3.8) is 0 Å². The number of aliphatic hydroxyl groups is 1. The van der Waals surface area contributed by atoms with Crippen molar-refractivity contribution < 1.29 is 28.6 Å². The van der Waals surface area contributed by atoms with Crippen molar-refractivity contribution in [1.82, 2.24) is 4.90 Å². The van der Waals surface area contributed by atoms with E-state index in [1.165, 1.54) is 18.2 Å². The SMILES string of the molecule is C=C(CC#CCCC)[C@H](O)/C=C/[C@H]1CC(F)(F)C(=O)N1CCCc1ccc(C(=O)O)s1. The van der Waals surface area contributed by atoms with Crippen LogP contribution in [0.15, 0.2) is 36.4 Å². The van der Waals surface area contributed by atoms with E-state index in [1.807, 2.05) is 6.92 Å². The average Bonchev–Trinajstić information content (AvgIpc) is 3.27. The Morgan fingerprint density at radius 1 is 1.45 bits per heavy atom. The van der Waals surface area contributed by atoms with Crippen LogP contribution in [0, 0.1) is 11.8 Å². The highest BCUT2D eigenvalue weighted by Crippen LogP contribution is 2.34. The third-order valence-electron chi connectivity index (χ3n) is 4.88. The number of rotatable bonds is 10. The van der Waals surface area contributed by atoms with Crippen molar-refractivity contribution in [2.45, 2.75) is 63.5 Å². The first-order chi connectivity index (χ1) is 14.7. The number of carbonyl (C=O) groups excluding carboxylic acids is 1. The fourth-order valence-corrected chi connectivity index (χ4v) is 4.06. The van der Waals surface area contributed by atoms with E-state index in [0.717, 1.165) is 34.0 Å². The van der Waals surface area contributed by atoms with Gasteiger partial charge < -0.3 is 15.1 Å². The molecule has 0 aromatic carbocycles. The summed E-state index contributed by atoms with van der Waals surface area (Å²) in [6.07, 6.45) is 4.08. The molecule has 1 aromatic rings. The number of hydrogen-bond acceptors (Lipinski definition) is 4. The molecule has 2 atom stereocenters. The number of unbranched alkanes of at least 4 members (excludes halogenated alkanes) is 1. The number of amides is 1. The Hall–Kier alpha value is -2.50. The Morgan fingerprint density at radius 3 is 2.84 bits per heavy atom. The molecule has 8 heteroatoms. The second-order valence-electron chi connectivity index (χ2n) is 7.42. The maximum absolute atomic E-state index is 14.0. The molecule has 2 heterocycles. The summed E-state index contributed by atoms with van der Waals surface area (Å²) in [5.74, 6) is 0.195. The highest BCUT2D eigenvalue weighted by molar-refractivity contribution is 7.13. The first-order valence-corrected chi connectivity index (χ1v) is 11.0. The minimum absolute atomic E-state index is 0.114. The van der Waals surface area contributed by atoms with Gasteiger partial charge in [0.25, 0.3) is 5.91 Å². The van der Waals surface area contributed by atoms with E-state index in [4.69, 9.17) is 5.11 Å². The molecule has 1 aliphatic heterocycles. The van der Waals surface area contributed by atoms with Crippen LogP contribution in [0.1, 0.15) is 53.6 Å². The van der Waals surface area contributed by atoms with Crippen molar-refractivity contribution in [2.75, 3.05) is 6.54 Å². The van der Waals surface area contributed by atoms with E-state index in [2.05, 4.69) is 18.4 Å². The van der Waals surface area contributed by atoms with Crippen LogP contribution < -0.4 is 0 Å². The van der Waals surface area contributed by atoms with Crippen molar-refractivity contribution in [3.8, 4) is 11.8 Å². The number of aryl methyl sites for hydroxylation is 1. The van der Waals surface area contributed by atoms with Crippen molar-refractivity contribution in [2.24, 2.45) is 0 Å². The van der Waals surface area contributed by atoms with Gasteiger partial charge in [0.05, 0.1) is 12.1 Å². The van der Waals surface area contributed by atoms with Gasteiger partial charge in [-0.3, -0.25) is 4.79 Å². The molecule has 1 aliphatic rings. The third kappa shape index (κ3) is 7.01. The lowest BCUT2D eigenvalue weighted by atomic mass is 10.1. The maximum atomic E-state index is 14.0. The fraction of sp³-hybridized carbons (Fsp3) is 0.478. The summed E-state index contributed by atoms with van der Waals surface area (Å²) in [4.78, 5) is 25.2. The molecule has 1 saturated heterocycles. The summed E-state index contributed by atoms with van der Waals surface area (Å²) in [5.41, 5.74) is 0.467. The molecule has 31 heavy (non-hydrogen) atoms. The van der Waals surface area contributed by atoms with E-state index in [0.29, 0.717) is 24.8 Å². The van der Waals surface area contributed by atoms with Gasteiger partial charge in [-0.05, 0) is 37.0 Å². The van der Waals surface area contributed by atoms with Crippen LogP contribution in [0.5, 0.6) is 0 Å². The summed E-state index contributed by atoms with van der Waals surface area (Å²) in [6, 6.07) is 2.37. The second kappa shape index (κ2) is 11.2. The zero-order valence-electron chi connectivity index (χ0n) is 17.4. The molecule has 1 amide bonds. The molecule has 1 fully saturated rings. The van der Waals surface area contributed by atoms with E-state index >= 15 is 0 Å². The number of nitrogens with zero attached hydrogens (tertiary/aromatic N) is 1. The van der Waals surface area contributed by atoms with E-state index in [9.17, 15) is 23.5 Å². The molecule has 0 radical (unpaired) electrons. The van der Waals surface area contributed by atoms with Gasteiger partial charge >= 0.3 is 11.9 Å². The van der Waals surface area contributed by atoms with Crippen LogP contribution in [-0.4, -0.2) is 51.6 Å². The quantitative estimate of drug-likeness (QED) is 0.411. The number of alkyl halides is 2. The van der Waals surface area contributed by atoms with Gasteiger partial charge in [-0.15, -0.1) is 17.3 Å². The summed E-state index contributed by atoms with van der Waals surface area (Å²) in [7, 11) is 0. The van der Waals surface area contributed by atoms with Gasteiger partial charge in [0.15, 0.2) is 0 Å². The van der Waals surface area contributed by atoms with Crippen LogP contribution in [0.4, 0.5) is 8.78 Å². The molecule has 2 N–H and O–H groups in total. The number of halogens is 2. The predicted octanol–water partition coefficient (Wildman–Crippen LogP) is 4.28. The zero-order valence-corrected chi connectivity index (χ0v) is 18.3. The van der Waals surface area contributed by atoms with Crippen LogP contribution in [0.3, 0.4) is 0 Å². The van der Waals surface area contributed by atoms with Crippen molar-refractivity contribution in [1.29, 1.82) is 0 Å². The number of aliphatic hydroxyl groups excluding tert-OH is 1. The molecule has 0 spiro atoms. The fourth-order valence-electron chi connectivity index (χ4n) is 3.17. The van der Waals surface area contributed by atoms with Gasteiger partial charge in [0.1, 0.15) is 4.88 Å². The topological polar surface area (TPSA) is 77.8 Å². The zero-order chi connectivity index (χ0) is 23.0. The van der Waals surface area contributed by atoms with Crippen LogP contribution in [0.25, 0.3) is 0 Å². The summed E-state index contributed by atoms with van der Waals surface area (Å²) in [5, 5.41) is 19.2. The number of aromatic carboxylic acids is 1. The number of carboxylic acid groups (broad SMARTS) is 1. The summed E-state index contributed by atoms with van der Waals surface area (Å²) >= 11 is 1.13.